The third-order valence-corrected chi connectivity index (χ3v) is 6.73. The molecule has 174 valence electrons. The van der Waals surface area contributed by atoms with Crippen LogP contribution >= 0.6 is 11.5 Å². The van der Waals surface area contributed by atoms with E-state index in [1.54, 1.807) is 14.2 Å². The topological polar surface area (TPSA) is 86.5 Å². The minimum atomic E-state index is -0.795. The number of amides is 1. The predicted molar refractivity (Wildman–Crippen MR) is 138 cm³/mol. The molecule has 0 aliphatic carbocycles. The van der Waals surface area contributed by atoms with E-state index in [0.717, 1.165) is 44.0 Å². The summed E-state index contributed by atoms with van der Waals surface area (Å²) in [7, 11) is 3.25. The Morgan fingerprint density at radius 3 is 2.41 bits per heavy atom. The van der Waals surface area contributed by atoms with E-state index in [4.69, 9.17) is 15.2 Å². The maximum absolute atomic E-state index is 12.9. The molecule has 4 rings (SSSR count). The molecular formula is C27H27N3O3S. The number of benzene rings is 3. The highest BCUT2D eigenvalue weighted by molar-refractivity contribution is 7.10. The molecule has 0 spiro atoms. The first-order valence-electron chi connectivity index (χ1n) is 10.8. The zero-order valence-corrected chi connectivity index (χ0v) is 20.4. The van der Waals surface area contributed by atoms with Crippen molar-refractivity contribution in [1.82, 2.24) is 4.37 Å². The second-order valence-electron chi connectivity index (χ2n) is 7.98. The van der Waals surface area contributed by atoms with E-state index in [9.17, 15) is 4.79 Å². The molecule has 0 radical (unpaired) electrons. The summed E-state index contributed by atoms with van der Waals surface area (Å²) < 4.78 is 15.5. The van der Waals surface area contributed by atoms with Crippen molar-refractivity contribution >= 4 is 23.1 Å². The summed E-state index contributed by atoms with van der Waals surface area (Å²) in [6.45, 7) is 4.11. The van der Waals surface area contributed by atoms with Crippen LogP contribution < -0.4 is 20.5 Å². The van der Waals surface area contributed by atoms with Crippen molar-refractivity contribution in [2.24, 2.45) is 5.73 Å². The van der Waals surface area contributed by atoms with Gasteiger partial charge in [-0.1, -0.05) is 42.5 Å². The minimum Gasteiger partial charge on any atom is -0.496 e. The molecule has 3 N–H and O–H groups in total. The normalized spacial score (nSPS) is 11.7. The molecule has 3 aromatic carbocycles. The number of aromatic nitrogens is 1. The van der Waals surface area contributed by atoms with Crippen molar-refractivity contribution in [2.75, 3.05) is 19.5 Å². The van der Waals surface area contributed by atoms with Gasteiger partial charge in [-0.05, 0) is 71.4 Å². The number of hydrogen-bond acceptors (Lipinski definition) is 6. The highest BCUT2D eigenvalue weighted by Crippen LogP contribution is 2.40. The third kappa shape index (κ3) is 4.66. The molecule has 6 nitrogen and oxygen atoms in total. The van der Waals surface area contributed by atoms with Crippen LogP contribution in [0.15, 0.2) is 66.9 Å². The van der Waals surface area contributed by atoms with Gasteiger partial charge >= 0.3 is 0 Å². The van der Waals surface area contributed by atoms with Crippen LogP contribution in [0.5, 0.6) is 11.5 Å². The molecule has 0 aliphatic heterocycles. The molecule has 1 amide bonds. The minimum absolute atomic E-state index is 0.316. The van der Waals surface area contributed by atoms with E-state index in [1.807, 2.05) is 67.7 Å². The Morgan fingerprint density at radius 1 is 0.971 bits per heavy atom. The van der Waals surface area contributed by atoms with Gasteiger partial charge in [-0.25, -0.2) is 0 Å². The molecule has 4 aromatic rings. The SMILES string of the molecule is COc1ccc(-c2cnsc2-c2cc(C)c(C)c(OC)c2)cc1NC(=O)[C@H](N)c1ccccc1. The van der Waals surface area contributed by atoms with Crippen molar-refractivity contribution in [1.29, 1.82) is 0 Å². The summed E-state index contributed by atoms with van der Waals surface area (Å²) >= 11 is 1.42. The lowest BCUT2D eigenvalue weighted by molar-refractivity contribution is -0.117. The van der Waals surface area contributed by atoms with Gasteiger partial charge in [0.05, 0.1) is 24.8 Å². The Labute approximate surface area is 203 Å². The number of nitrogens with two attached hydrogens (primary N) is 1. The Bertz CT molecular complexity index is 1320. The van der Waals surface area contributed by atoms with E-state index in [-0.39, 0.29) is 5.91 Å². The molecule has 1 aromatic heterocycles. The Kier molecular flexibility index (Phi) is 6.95. The summed E-state index contributed by atoms with van der Waals surface area (Å²) in [4.78, 5) is 13.9. The smallest absolute Gasteiger partial charge is 0.245 e. The van der Waals surface area contributed by atoms with Gasteiger partial charge in [0.25, 0.3) is 0 Å². The van der Waals surface area contributed by atoms with Crippen molar-refractivity contribution < 1.29 is 14.3 Å². The van der Waals surface area contributed by atoms with Crippen molar-refractivity contribution in [2.45, 2.75) is 19.9 Å². The molecule has 1 atom stereocenters. The van der Waals surface area contributed by atoms with E-state index < -0.39 is 6.04 Å². The monoisotopic (exact) mass is 473 g/mol. The zero-order valence-electron chi connectivity index (χ0n) is 19.6. The molecule has 1 heterocycles. The summed E-state index contributed by atoms with van der Waals surface area (Å²) in [5, 5.41) is 2.93. The second-order valence-corrected chi connectivity index (χ2v) is 8.78. The number of anilines is 1. The summed E-state index contributed by atoms with van der Waals surface area (Å²) in [5.74, 6) is 1.08. The van der Waals surface area contributed by atoms with Crippen LogP contribution in [0.3, 0.4) is 0 Å². The van der Waals surface area contributed by atoms with E-state index in [1.165, 1.54) is 11.5 Å². The average Bonchev–Trinajstić information content (AvgIpc) is 3.35. The molecule has 0 saturated carbocycles. The molecule has 0 aliphatic rings. The van der Waals surface area contributed by atoms with E-state index in [0.29, 0.717) is 11.4 Å². The lowest BCUT2D eigenvalue weighted by atomic mass is 9.99. The summed E-state index contributed by atoms with van der Waals surface area (Å²) in [5.41, 5.74) is 12.6. The van der Waals surface area contributed by atoms with Gasteiger partial charge in [-0.3, -0.25) is 4.79 Å². The van der Waals surface area contributed by atoms with Gasteiger partial charge in [0.15, 0.2) is 0 Å². The third-order valence-electron chi connectivity index (χ3n) is 5.88. The van der Waals surface area contributed by atoms with Gasteiger partial charge in [-0.2, -0.15) is 4.37 Å². The average molecular weight is 474 g/mol. The standard InChI is InChI=1S/C27H27N3O3S/c1-16-12-20(14-24(33-4)17(16)2)26-21(15-29-34-26)19-10-11-23(32-3)22(13-19)30-27(31)25(28)18-8-6-5-7-9-18/h5-15,25H,28H2,1-4H3,(H,30,31)/t25-/m1/s1. The van der Waals surface area contributed by atoms with Gasteiger partial charge < -0.3 is 20.5 Å². The fourth-order valence-corrected chi connectivity index (χ4v) is 4.57. The second kappa shape index (κ2) is 10.1. The number of rotatable bonds is 7. The fraction of sp³-hybridized carbons (Fsp3) is 0.185. The molecule has 7 heteroatoms. The lowest BCUT2D eigenvalue weighted by Gasteiger charge is -2.16. The lowest BCUT2D eigenvalue weighted by Crippen LogP contribution is -2.27. The van der Waals surface area contributed by atoms with E-state index >= 15 is 0 Å². The Hall–Kier alpha value is -3.68. The molecule has 34 heavy (non-hydrogen) atoms. The van der Waals surface area contributed by atoms with Gasteiger partial charge in [0.2, 0.25) is 5.91 Å². The van der Waals surface area contributed by atoms with Crippen molar-refractivity contribution in [3.63, 3.8) is 0 Å². The molecule has 0 fully saturated rings. The maximum Gasteiger partial charge on any atom is 0.245 e. The van der Waals surface area contributed by atoms with E-state index in [2.05, 4.69) is 22.7 Å². The first-order chi connectivity index (χ1) is 16.4. The van der Waals surface area contributed by atoms with Crippen LogP contribution in [0, 0.1) is 13.8 Å². The first kappa shape index (κ1) is 23.5. The van der Waals surface area contributed by atoms with Crippen LogP contribution in [0.4, 0.5) is 5.69 Å². The van der Waals surface area contributed by atoms with Crippen LogP contribution in [0.25, 0.3) is 21.6 Å². The fourth-order valence-electron chi connectivity index (χ4n) is 3.82. The Balaban J connectivity index is 1.69. The predicted octanol–water partition coefficient (Wildman–Crippen LogP) is 5.75. The number of ether oxygens (including phenoxy) is 2. The molecule has 0 unspecified atom stereocenters. The van der Waals surface area contributed by atoms with Crippen LogP contribution in [0.1, 0.15) is 22.7 Å². The highest BCUT2D eigenvalue weighted by Gasteiger charge is 2.19. The number of nitrogens with zero attached hydrogens (tertiary/aromatic N) is 1. The number of hydrogen-bond donors (Lipinski definition) is 2. The largest absolute Gasteiger partial charge is 0.496 e. The van der Waals surface area contributed by atoms with Gasteiger partial charge in [-0.15, -0.1) is 0 Å². The number of carbonyl (C=O) groups is 1. The van der Waals surface area contributed by atoms with Crippen LogP contribution in [0.2, 0.25) is 0 Å². The van der Waals surface area contributed by atoms with Gasteiger partial charge in [0.1, 0.15) is 17.5 Å². The molecule has 0 bridgehead atoms. The number of methoxy groups -OCH3 is 2. The number of nitrogens with one attached hydrogen (secondary N) is 1. The van der Waals surface area contributed by atoms with Crippen molar-refractivity contribution in [3.8, 4) is 33.1 Å². The van der Waals surface area contributed by atoms with Crippen molar-refractivity contribution in [3.05, 3.63) is 83.6 Å². The maximum atomic E-state index is 12.9. The van der Waals surface area contributed by atoms with Crippen LogP contribution in [-0.2, 0) is 4.79 Å². The van der Waals surface area contributed by atoms with Gasteiger partial charge in [0, 0.05) is 11.8 Å². The Morgan fingerprint density at radius 2 is 1.71 bits per heavy atom. The number of carbonyl (C=O) groups excluding carboxylic acids is 1. The summed E-state index contributed by atoms with van der Waals surface area (Å²) in [6, 6.07) is 18.3. The first-order valence-corrected chi connectivity index (χ1v) is 11.6. The van der Waals surface area contributed by atoms with Crippen LogP contribution in [-0.4, -0.2) is 24.5 Å². The quantitative estimate of drug-likeness (QED) is 0.357. The highest BCUT2D eigenvalue weighted by atomic mass is 32.1. The molecular weight excluding hydrogens is 446 g/mol. The zero-order chi connectivity index (χ0) is 24.2. The summed E-state index contributed by atoms with van der Waals surface area (Å²) in [6.07, 6.45) is 1.84. The number of aryl methyl sites for hydroxylation is 1. The molecule has 0 saturated heterocycles.